The van der Waals surface area contributed by atoms with E-state index in [-0.39, 0.29) is 17.9 Å². The molecule has 19 heavy (non-hydrogen) atoms. The summed E-state index contributed by atoms with van der Waals surface area (Å²) in [5.74, 6) is 5.13. The van der Waals surface area contributed by atoms with E-state index in [1.165, 1.54) is 0 Å². The molecule has 2 rings (SSSR count). The van der Waals surface area contributed by atoms with Gasteiger partial charge >= 0.3 is 0 Å². The van der Waals surface area contributed by atoms with Gasteiger partial charge in [0.05, 0.1) is 6.61 Å². The van der Waals surface area contributed by atoms with Gasteiger partial charge in [0.15, 0.2) is 0 Å². The number of nitrogens with one attached hydrogen (secondary N) is 1. The van der Waals surface area contributed by atoms with Gasteiger partial charge in [0, 0.05) is 23.4 Å². The molecule has 0 bridgehead atoms. The van der Waals surface area contributed by atoms with E-state index < -0.39 is 0 Å². The van der Waals surface area contributed by atoms with Crippen LogP contribution in [0.25, 0.3) is 0 Å². The molecule has 0 heterocycles. The van der Waals surface area contributed by atoms with E-state index in [1.54, 1.807) is 0 Å². The summed E-state index contributed by atoms with van der Waals surface area (Å²) in [7, 11) is 0. The van der Waals surface area contributed by atoms with Gasteiger partial charge in [0.1, 0.15) is 0 Å². The van der Waals surface area contributed by atoms with Crippen molar-refractivity contribution >= 4 is 5.91 Å². The Morgan fingerprint density at radius 1 is 1.26 bits per heavy atom. The van der Waals surface area contributed by atoms with Crippen LogP contribution in [-0.2, 0) is 4.79 Å². The minimum Gasteiger partial charge on any atom is -0.396 e. The number of aliphatic hydroxyl groups is 1. The molecule has 2 N–H and O–H groups in total. The third-order valence-corrected chi connectivity index (χ3v) is 3.72. The second-order valence-electron chi connectivity index (χ2n) is 5.16. The smallest absolute Gasteiger partial charge is 0.296 e. The number of aliphatic hydroxyl groups excluding tert-OH is 1. The van der Waals surface area contributed by atoms with E-state index in [2.05, 4.69) is 17.2 Å². The highest BCUT2D eigenvalue weighted by Gasteiger charge is 2.33. The Hall–Kier alpha value is -1.79. The molecule has 1 amide bonds. The summed E-state index contributed by atoms with van der Waals surface area (Å²) in [4.78, 5) is 11.7. The lowest BCUT2D eigenvalue weighted by molar-refractivity contribution is -0.116. The van der Waals surface area contributed by atoms with E-state index in [0.717, 1.165) is 31.2 Å². The number of amides is 1. The van der Waals surface area contributed by atoms with Crippen molar-refractivity contribution in [2.75, 3.05) is 13.2 Å². The van der Waals surface area contributed by atoms with Gasteiger partial charge in [-0.25, -0.2) is 0 Å². The van der Waals surface area contributed by atoms with Crippen molar-refractivity contribution in [2.24, 2.45) is 5.41 Å². The molecule has 100 valence electrons. The molecule has 0 spiro atoms. The van der Waals surface area contributed by atoms with Crippen LogP contribution in [0.15, 0.2) is 30.3 Å². The van der Waals surface area contributed by atoms with Gasteiger partial charge in [0.2, 0.25) is 0 Å². The first-order chi connectivity index (χ1) is 9.24. The molecular formula is C16H19NO2. The summed E-state index contributed by atoms with van der Waals surface area (Å²) in [6, 6.07) is 9.43. The molecule has 1 saturated carbocycles. The minimum atomic E-state index is -0.274. The summed E-state index contributed by atoms with van der Waals surface area (Å²) in [6.07, 6.45) is 4.23. The van der Waals surface area contributed by atoms with Gasteiger partial charge in [0.25, 0.3) is 5.91 Å². The van der Waals surface area contributed by atoms with Crippen LogP contribution in [0.4, 0.5) is 0 Å². The van der Waals surface area contributed by atoms with Crippen molar-refractivity contribution in [1.29, 1.82) is 0 Å². The number of rotatable bonds is 3. The van der Waals surface area contributed by atoms with Crippen LogP contribution in [0.3, 0.4) is 0 Å². The van der Waals surface area contributed by atoms with Gasteiger partial charge in [-0.3, -0.25) is 4.79 Å². The Morgan fingerprint density at radius 2 is 1.95 bits per heavy atom. The maximum absolute atomic E-state index is 11.7. The molecule has 1 aromatic rings. The number of hydrogen-bond donors (Lipinski definition) is 2. The van der Waals surface area contributed by atoms with E-state index in [0.29, 0.717) is 6.54 Å². The largest absolute Gasteiger partial charge is 0.396 e. The number of benzene rings is 1. The maximum atomic E-state index is 11.7. The molecule has 3 heteroatoms. The fourth-order valence-corrected chi connectivity index (χ4v) is 2.48. The molecule has 0 unspecified atom stereocenters. The van der Waals surface area contributed by atoms with Crippen molar-refractivity contribution in [1.82, 2.24) is 5.32 Å². The van der Waals surface area contributed by atoms with Crippen LogP contribution in [0.2, 0.25) is 0 Å². The third kappa shape index (κ3) is 3.84. The fraction of sp³-hybridized carbons (Fsp3) is 0.438. The Balaban J connectivity index is 1.87. The zero-order valence-corrected chi connectivity index (χ0v) is 11.0. The van der Waals surface area contributed by atoms with Crippen molar-refractivity contribution in [3.05, 3.63) is 35.9 Å². The molecule has 0 aliphatic heterocycles. The number of carbonyl (C=O) groups excluding carboxylic acids is 1. The molecule has 0 atom stereocenters. The average Bonchev–Trinajstić information content (AvgIpc) is 2.93. The summed E-state index contributed by atoms with van der Waals surface area (Å²) in [5.41, 5.74) is 0.708. The Labute approximate surface area is 114 Å². The maximum Gasteiger partial charge on any atom is 0.296 e. The predicted molar refractivity (Wildman–Crippen MR) is 74.3 cm³/mol. The SMILES string of the molecule is O=C(C#Cc1ccccc1)NCC1(CO)CCCC1. The first-order valence-corrected chi connectivity index (χ1v) is 6.70. The highest BCUT2D eigenvalue weighted by Crippen LogP contribution is 2.36. The predicted octanol–water partition coefficient (Wildman–Crippen LogP) is 1.71. The standard InChI is InChI=1S/C16H19NO2/c18-13-16(10-4-5-11-16)12-17-15(19)9-8-14-6-2-1-3-7-14/h1-3,6-7,18H,4-5,10-13H2,(H,17,19). The van der Waals surface area contributed by atoms with Crippen LogP contribution in [0, 0.1) is 17.3 Å². The van der Waals surface area contributed by atoms with E-state index in [1.807, 2.05) is 30.3 Å². The quantitative estimate of drug-likeness (QED) is 0.810. The highest BCUT2D eigenvalue weighted by molar-refractivity contribution is 5.94. The Bertz CT molecular complexity index is 478. The molecule has 1 aliphatic carbocycles. The van der Waals surface area contributed by atoms with Gasteiger partial charge in [-0.05, 0) is 25.0 Å². The Morgan fingerprint density at radius 3 is 2.58 bits per heavy atom. The summed E-state index contributed by atoms with van der Waals surface area (Å²) in [6.45, 7) is 0.658. The van der Waals surface area contributed by atoms with Crippen LogP contribution in [-0.4, -0.2) is 24.2 Å². The molecule has 1 fully saturated rings. The molecule has 0 radical (unpaired) electrons. The topological polar surface area (TPSA) is 49.3 Å². The van der Waals surface area contributed by atoms with Crippen molar-refractivity contribution < 1.29 is 9.90 Å². The molecule has 3 nitrogen and oxygen atoms in total. The highest BCUT2D eigenvalue weighted by atomic mass is 16.3. The molecule has 1 aromatic carbocycles. The summed E-state index contributed by atoms with van der Waals surface area (Å²) >= 11 is 0. The average molecular weight is 257 g/mol. The lowest BCUT2D eigenvalue weighted by Gasteiger charge is -2.25. The van der Waals surface area contributed by atoms with Crippen LogP contribution in [0.5, 0.6) is 0 Å². The van der Waals surface area contributed by atoms with Crippen molar-refractivity contribution in [2.45, 2.75) is 25.7 Å². The van der Waals surface area contributed by atoms with Gasteiger partial charge in [-0.1, -0.05) is 37.0 Å². The number of carbonyl (C=O) groups is 1. The molecular weight excluding hydrogens is 238 g/mol. The van der Waals surface area contributed by atoms with E-state index >= 15 is 0 Å². The van der Waals surface area contributed by atoms with Gasteiger partial charge < -0.3 is 10.4 Å². The van der Waals surface area contributed by atoms with Crippen molar-refractivity contribution in [3.8, 4) is 11.8 Å². The van der Waals surface area contributed by atoms with Crippen LogP contribution in [0.1, 0.15) is 31.2 Å². The van der Waals surface area contributed by atoms with Gasteiger partial charge in [-0.15, -0.1) is 0 Å². The summed E-state index contributed by atoms with van der Waals surface area (Å²) < 4.78 is 0. The van der Waals surface area contributed by atoms with E-state index in [4.69, 9.17) is 0 Å². The van der Waals surface area contributed by atoms with Crippen LogP contribution < -0.4 is 5.32 Å². The zero-order chi connectivity index (χ0) is 13.6. The lowest BCUT2D eigenvalue weighted by atomic mass is 9.87. The first-order valence-electron chi connectivity index (χ1n) is 6.70. The van der Waals surface area contributed by atoms with E-state index in [9.17, 15) is 9.90 Å². The lowest BCUT2D eigenvalue weighted by Crippen LogP contribution is -2.37. The molecule has 0 aromatic heterocycles. The monoisotopic (exact) mass is 257 g/mol. The Kier molecular flexibility index (Phi) is 4.59. The third-order valence-electron chi connectivity index (χ3n) is 3.72. The first kappa shape index (κ1) is 13.6. The normalized spacial score (nSPS) is 16.5. The number of hydrogen-bond acceptors (Lipinski definition) is 2. The van der Waals surface area contributed by atoms with Crippen LogP contribution >= 0.6 is 0 Å². The minimum absolute atomic E-state index is 0.121. The second-order valence-corrected chi connectivity index (χ2v) is 5.16. The van der Waals surface area contributed by atoms with Gasteiger partial charge in [-0.2, -0.15) is 0 Å². The zero-order valence-electron chi connectivity index (χ0n) is 11.0. The molecule has 1 aliphatic rings. The molecule has 0 saturated heterocycles. The summed E-state index contributed by atoms with van der Waals surface area (Å²) in [5, 5.41) is 12.3. The van der Waals surface area contributed by atoms with Crippen molar-refractivity contribution in [3.63, 3.8) is 0 Å². The second kappa shape index (κ2) is 6.40. The fourth-order valence-electron chi connectivity index (χ4n) is 2.48.